The van der Waals surface area contributed by atoms with Crippen LogP contribution >= 0.6 is 0 Å². The largest absolute Gasteiger partial charge is 0.497 e. The van der Waals surface area contributed by atoms with Gasteiger partial charge >= 0.3 is 5.97 Å². The molecule has 0 saturated heterocycles. The molecule has 0 unspecified atom stereocenters. The lowest BCUT2D eigenvalue weighted by Gasteiger charge is -2.15. The molecule has 0 heterocycles. The summed E-state index contributed by atoms with van der Waals surface area (Å²) in [7, 11) is 2.98. The topological polar surface area (TPSA) is 87.9 Å². The molecule has 7 heteroatoms. The average molecular weight is 407 g/mol. The predicted octanol–water partition coefficient (Wildman–Crippen LogP) is 5.12. The highest BCUT2D eigenvalue weighted by molar-refractivity contribution is 6.01. The van der Waals surface area contributed by atoms with Gasteiger partial charge in [-0.2, -0.15) is 0 Å². The molecule has 0 aliphatic heterocycles. The normalized spacial score (nSPS) is 10.4. The van der Waals surface area contributed by atoms with Crippen LogP contribution in [0.1, 0.15) is 17.3 Å². The second kappa shape index (κ2) is 9.09. The van der Waals surface area contributed by atoms with Gasteiger partial charge in [0.25, 0.3) is 5.69 Å². The van der Waals surface area contributed by atoms with Gasteiger partial charge in [0.05, 0.1) is 36.9 Å². The standard InChI is InChI=1S/C23H21NO6/c1-4-30-23(25)20-13-18(19-12-16(28-2)10-11-22(19)29-3)21(24(26)27)14-17(20)15-8-6-5-7-9-15/h5-14H,4H2,1-3H3. The van der Waals surface area contributed by atoms with Crippen molar-refractivity contribution in [2.24, 2.45) is 0 Å². The van der Waals surface area contributed by atoms with Crippen molar-refractivity contribution >= 4 is 11.7 Å². The van der Waals surface area contributed by atoms with Gasteiger partial charge in [0, 0.05) is 17.2 Å². The third-order valence-electron chi connectivity index (χ3n) is 4.61. The quantitative estimate of drug-likeness (QED) is 0.307. The molecule has 0 amide bonds. The van der Waals surface area contributed by atoms with E-state index in [1.807, 2.05) is 6.07 Å². The van der Waals surface area contributed by atoms with Crippen molar-refractivity contribution in [3.8, 4) is 33.8 Å². The van der Waals surface area contributed by atoms with Gasteiger partial charge in [-0.15, -0.1) is 0 Å². The molecule has 0 aromatic heterocycles. The second-order valence-electron chi connectivity index (χ2n) is 6.32. The zero-order valence-electron chi connectivity index (χ0n) is 16.9. The molecule has 0 bridgehead atoms. The Morgan fingerprint density at radius 1 is 0.933 bits per heavy atom. The Morgan fingerprint density at radius 2 is 1.67 bits per heavy atom. The second-order valence-corrected chi connectivity index (χ2v) is 6.32. The number of nitrogens with zero attached hydrogens (tertiary/aromatic N) is 1. The number of ether oxygens (including phenoxy) is 3. The first kappa shape index (κ1) is 20.9. The Labute approximate surface area is 174 Å². The van der Waals surface area contributed by atoms with Crippen LogP contribution in [-0.2, 0) is 4.74 Å². The highest BCUT2D eigenvalue weighted by Gasteiger charge is 2.26. The Balaban J connectivity index is 2.35. The molecule has 0 aliphatic rings. The minimum absolute atomic E-state index is 0.159. The lowest BCUT2D eigenvalue weighted by molar-refractivity contribution is -0.384. The summed E-state index contributed by atoms with van der Waals surface area (Å²) in [5, 5.41) is 12.0. The minimum Gasteiger partial charge on any atom is -0.497 e. The van der Waals surface area contributed by atoms with Gasteiger partial charge in [-0.3, -0.25) is 10.1 Å². The first-order valence-corrected chi connectivity index (χ1v) is 9.27. The van der Waals surface area contributed by atoms with Gasteiger partial charge in [0.2, 0.25) is 0 Å². The lowest BCUT2D eigenvalue weighted by atomic mass is 9.92. The van der Waals surface area contributed by atoms with E-state index in [-0.39, 0.29) is 23.4 Å². The number of hydrogen-bond donors (Lipinski definition) is 0. The van der Waals surface area contributed by atoms with Crippen molar-refractivity contribution < 1.29 is 23.9 Å². The third kappa shape index (κ3) is 4.10. The van der Waals surface area contributed by atoms with Crippen molar-refractivity contribution in [3.05, 3.63) is 76.3 Å². The van der Waals surface area contributed by atoms with Crippen LogP contribution in [0.5, 0.6) is 11.5 Å². The summed E-state index contributed by atoms with van der Waals surface area (Å²) in [5.74, 6) is 0.362. The predicted molar refractivity (Wildman–Crippen MR) is 113 cm³/mol. The summed E-state index contributed by atoms with van der Waals surface area (Å²) in [4.78, 5) is 24.2. The van der Waals surface area contributed by atoms with Crippen molar-refractivity contribution in [1.82, 2.24) is 0 Å². The van der Waals surface area contributed by atoms with Crippen LogP contribution in [0.4, 0.5) is 5.69 Å². The minimum atomic E-state index is -0.561. The average Bonchev–Trinajstić information content (AvgIpc) is 2.78. The molecule has 0 aliphatic carbocycles. The SMILES string of the molecule is CCOC(=O)c1cc(-c2cc(OC)ccc2OC)c([N+](=O)[O-])cc1-c1ccccc1. The molecule has 0 radical (unpaired) electrons. The van der Waals surface area contributed by atoms with Gasteiger partial charge in [-0.25, -0.2) is 4.79 Å². The summed E-state index contributed by atoms with van der Waals surface area (Å²) in [6.45, 7) is 1.89. The van der Waals surface area contributed by atoms with Crippen molar-refractivity contribution in [1.29, 1.82) is 0 Å². The molecule has 0 N–H and O–H groups in total. The molecule has 7 nitrogen and oxygen atoms in total. The molecule has 3 aromatic rings. The fraction of sp³-hybridized carbons (Fsp3) is 0.174. The maximum absolute atomic E-state index is 12.7. The molecular formula is C23H21NO6. The molecular weight excluding hydrogens is 386 g/mol. The van der Waals surface area contributed by atoms with Gasteiger partial charge in [-0.05, 0) is 36.8 Å². The molecule has 3 rings (SSSR count). The summed E-state index contributed by atoms with van der Waals surface area (Å²) >= 11 is 0. The fourth-order valence-corrected chi connectivity index (χ4v) is 3.21. The highest BCUT2D eigenvalue weighted by Crippen LogP contribution is 2.42. The van der Waals surface area contributed by atoms with Crippen molar-refractivity contribution in [3.63, 3.8) is 0 Å². The fourth-order valence-electron chi connectivity index (χ4n) is 3.21. The smallest absolute Gasteiger partial charge is 0.338 e. The summed E-state index contributed by atoms with van der Waals surface area (Å²) in [6, 6.07) is 16.9. The van der Waals surface area contributed by atoms with Crippen LogP contribution in [0.3, 0.4) is 0 Å². The number of methoxy groups -OCH3 is 2. The highest BCUT2D eigenvalue weighted by atomic mass is 16.6. The molecule has 3 aromatic carbocycles. The number of nitro benzene ring substituents is 1. The first-order chi connectivity index (χ1) is 14.5. The number of carbonyl (C=O) groups excluding carboxylic acids is 1. The van der Waals surface area contributed by atoms with Gasteiger partial charge in [0.1, 0.15) is 11.5 Å². The Kier molecular flexibility index (Phi) is 6.32. The number of hydrogen-bond acceptors (Lipinski definition) is 6. The van der Waals surface area contributed by atoms with Crippen LogP contribution in [-0.4, -0.2) is 31.7 Å². The number of esters is 1. The maximum Gasteiger partial charge on any atom is 0.338 e. The monoisotopic (exact) mass is 407 g/mol. The number of benzene rings is 3. The molecule has 0 spiro atoms. The van der Waals surface area contributed by atoms with E-state index in [2.05, 4.69) is 0 Å². The molecule has 154 valence electrons. The van der Waals surface area contributed by atoms with Crippen LogP contribution in [0, 0.1) is 10.1 Å². The van der Waals surface area contributed by atoms with E-state index in [4.69, 9.17) is 14.2 Å². The zero-order chi connectivity index (χ0) is 21.7. The lowest BCUT2D eigenvalue weighted by Crippen LogP contribution is -2.08. The van der Waals surface area contributed by atoms with Crippen LogP contribution in [0.25, 0.3) is 22.3 Å². The Bertz CT molecular complexity index is 1080. The number of nitro groups is 1. The molecule has 0 atom stereocenters. The van der Waals surface area contributed by atoms with E-state index >= 15 is 0 Å². The van der Waals surface area contributed by atoms with E-state index in [0.29, 0.717) is 28.2 Å². The Morgan fingerprint density at radius 3 is 2.27 bits per heavy atom. The van der Waals surface area contributed by atoms with E-state index in [0.717, 1.165) is 0 Å². The summed E-state index contributed by atoms with van der Waals surface area (Å²) in [5.41, 5.74) is 1.84. The zero-order valence-corrected chi connectivity index (χ0v) is 16.9. The van der Waals surface area contributed by atoms with E-state index in [1.165, 1.54) is 26.4 Å². The maximum atomic E-state index is 12.7. The van der Waals surface area contributed by atoms with E-state index < -0.39 is 10.9 Å². The van der Waals surface area contributed by atoms with Crippen LogP contribution in [0.15, 0.2) is 60.7 Å². The third-order valence-corrected chi connectivity index (χ3v) is 4.61. The summed E-state index contributed by atoms with van der Waals surface area (Å²) < 4.78 is 15.9. The Hall–Kier alpha value is -3.87. The van der Waals surface area contributed by atoms with Crippen molar-refractivity contribution in [2.45, 2.75) is 6.92 Å². The van der Waals surface area contributed by atoms with Gasteiger partial charge in [-0.1, -0.05) is 30.3 Å². The van der Waals surface area contributed by atoms with Crippen molar-refractivity contribution in [2.75, 3.05) is 20.8 Å². The number of carbonyl (C=O) groups is 1. The summed E-state index contributed by atoms with van der Waals surface area (Å²) in [6.07, 6.45) is 0. The van der Waals surface area contributed by atoms with Gasteiger partial charge in [0.15, 0.2) is 0 Å². The van der Waals surface area contributed by atoms with E-state index in [9.17, 15) is 14.9 Å². The van der Waals surface area contributed by atoms with E-state index in [1.54, 1.807) is 49.4 Å². The van der Waals surface area contributed by atoms with Crippen LogP contribution < -0.4 is 9.47 Å². The molecule has 30 heavy (non-hydrogen) atoms. The molecule has 0 fully saturated rings. The molecule has 0 saturated carbocycles. The van der Waals surface area contributed by atoms with Gasteiger partial charge < -0.3 is 14.2 Å². The van der Waals surface area contributed by atoms with Crippen LogP contribution in [0.2, 0.25) is 0 Å². The number of rotatable bonds is 7. The first-order valence-electron chi connectivity index (χ1n) is 9.27.